The summed E-state index contributed by atoms with van der Waals surface area (Å²) in [6, 6.07) is 14.0. The van der Waals surface area contributed by atoms with Gasteiger partial charge in [0.1, 0.15) is 33.8 Å². The molecule has 7 nitrogen and oxygen atoms in total. The van der Waals surface area contributed by atoms with Crippen molar-refractivity contribution in [2.75, 3.05) is 27.9 Å². The summed E-state index contributed by atoms with van der Waals surface area (Å²) in [4.78, 5) is -0.0104. The van der Waals surface area contributed by atoms with Crippen LogP contribution in [0.5, 0.6) is 11.5 Å². The third-order valence-electron chi connectivity index (χ3n) is 4.17. The Balaban J connectivity index is 1.83. The molecular formula is C19H21NO6S. The van der Waals surface area contributed by atoms with Crippen molar-refractivity contribution in [1.29, 1.82) is 0 Å². The Morgan fingerprint density at radius 1 is 1.04 bits per heavy atom. The maximum atomic E-state index is 12.8. The van der Waals surface area contributed by atoms with Crippen molar-refractivity contribution in [3.8, 4) is 11.5 Å². The number of hydrogen-bond acceptors (Lipinski definition) is 6. The zero-order valence-electron chi connectivity index (χ0n) is 15.3. The van der Waals surface area contributed by atoms with Crippen LogP contribution in [0, 0.1) is 0 Å². The standard InChI is InChI=1S/C19H21NO6S/c1-23-14-8-9-16(24-2)19(11-14)27(21,22)20-12-18(25-3)17-10-13-6-4-5-7-15(13)26-17/h4-11,18,20H,12H2,1-3H3. The third-order valence-corrected chi connectivity index (χ3v) is 5.61. The van der Waals surface area contributed by atoms with Gasteiger partial charge in [-0.1, -0.05) is 18.2 Å². The highest BCUT2D eigenvalue weighted by atomic mass is 32.2. The molecule has 0 aliphatic rings. The zero-order valence-corrected chi connectivity index (χ0v) is 16.1. The Hall–Kier alpha value is -2.55. The van der Waals surface area contributed by atoms with E-state index in [1.54, 1.807) is 12.1 Å². The van der Waals surface area contributed by atoms with Crippen molar-refractivity contribution < 1.29 is 27.0 Å². The van der Waals surface area contributed by atoms with Crippen LogP contribution < -0.4 is 14.2 Å². The number of hydrogen-bond donors (Lipinski definition) is 1. The van der Waals surface area contributed by atoms with E-state index >= 15 is 0 Å². The second-order valence-electron chi connectivity index (χ2n) is 5.78. The molecule has 1 aromatic heterocycles. The molecule has 1 unspecified atom stereocenters. The molecule has 1 N–H and O–H groups in total. The van der Waals surface area contributed by atoms with Gasteiger partial charge in [-0.25, -0.2) is 13.1 Å². The first-order valence-corrected chi connectivity index (χ1v) is 9.69. The number of ether oxygens (including phenoxy) is 3. The summed E-state index contributed by atoms with van der Waals surface area (Å²) in [6.45, 7) is -0.000973. The van der Waals surface area contributed by atoms with Gasteiger partial charge in [0, 0.05) is 25.1 Å². The molecule has 0 amide bonds. The van der Waals surface area contributed by atoms with Gasteiger partial charge in [-0.05, 0) is 24.3 Å². The van der Waals surface area contributed by atoms with Crippen LogP contribution in [-0.2, 0) is 14.8 Å². The van der Waals surface area contributed by atoms with Crippen LogP contribution in [-0.4, -0.2) is 36.3 Å². The summed E-state index contributed by atoms with van der Waals surface area (Å²) in [5, 5.41) is 0.923. The highest BCUT2D eigenvalue weighted by molar-refractivity contribution is 7.89. The largest absolute Gasteiger partial charge is 0.497 e. The fourth-order valence-corrected chi connectivity index (χ4v) is 3.93. The number of rotatable bonds is 8. The van der Waals surface area contributed by atoms with E-state index in [-0.39, 0.29) is 17.2 Å². The van der Waals surface area contributed by atoms with E-state index in [0.717, 1.165) is 5.39 Å². The molecule has 144 valence electrons. The quantitative estimate of drug-likeness (QED) is 0.635. The lowest BCUT2D eigenvalue weighted by Crippen LogP contribution is -2.29. The van der Waals surface area contributed by atoms with E-state index < -0.39 is 16.1 Å². The number of sulfonamides is 1. The smallest absolute Gasteiger partial charge is 0.244 e. The van der Waals surface area contributed by atoms with Crippen molar-refractivity contribution in [2.24, 2.45) is 0 Å². The molecule has 1 heterocycles. The van der Waals surface area contributed by atoms with E-state index in [0.29, 0.717) is 17.1 Å². The predicted octanol–water partition coefficient (Wildman–Crippen LogP) is 3.12. The fraction of sp³-hybridized carbons (Fsp3) is 0.263. The van der Waals surface area contributed by atoms with E-state index in [1.807, 2.05) is 30.3 Å². The summed E-state index contributed by atoms with van der Waals surface area (Å²) >= 11 is 0. The predicted molar refractivity (Wildman–Crippen MR) is 101 cm³/mol. The Kier molecular flexibility index (Phi) is 5.69. The third kappa shape index (κ3) is 4.08. The van der Waals surface area contributed by atoms with E-state index in [4.69, 9.17) is 18.6 Å². The van der Waals surface area contributed by atoms with Gasteiger partial charge < -0.3 is 18.6 Å². The number of benzene rings is 2. The first kappa shape index (κ1) is 19.2. The molecule has 8 heteroatoms. The molecule has 0 saturated heterocycles. The molecule has 1 atom stereocenters. The SMILES string of the molecule is COc1ccc(OC)c(S(=O)(=O)NCC(OC)c2cc3ccccc3o2)c1. The maximum absolute atomic E-state index is 12.8. The van der Waals surface area contributed by atoms with Gasteiger partial charge in [-0.2, -0.15) is 0 Å². The monoisotopic (exact) mass is 391 g/mol. The lowest BCUT2D eigenvalue weighted by molar-refractivity contribution is 0.0893. The number of nitrogens with one attached hydrogen (secondary N) is 1. The molecule has 0 fully saturated rings. The molecule has 2 aromatic carbocycles. The van der Waals surface area contributed by atoms with Gasteiger partial charge in [-0.3, -0.25) is 0 Å². The lowest BCUT2D eigenvalue weighted by Gasteiger charge is -2.16. The van der Waals surface area contributed by atoms with Crippen molar-refractivity contribution in [2.45, 2.75) is 11.0 Å². The zero-order chi connectivity index (χ0) is 19.4. The normalized spacial score (nSPS) is 12.9. The minimum Gasteiger partial charge on any atom is -0.497 e. The topological polar surface area (TPSA) is 87.0 Å². The van der Waals surface area contributed by atoms with Gasteiger partial charge in [0.05, 0.1) is 14.2 Å². The Labute approximate surface area is 157 Å². The number of para-hydroxylation sites is 1. The highest BCUT2D eigenvalue weighted by Gasteiger charge is 2.24. The van der Waals surface area contributed by atoms with Gasteiger partial charge in [0.2, 0.25) is 10.0 Å². The molecular weight excluding hydrogens is 370 g/mol. The molecule has 0 spiro atoms. The fourth-order valence-electron chi connectivity index (χ4n) is 2.72. The minimum atomic E-state index is -3.86. The summed E-state index contributed by atoms with van der Waals surface area (Å²) in [5.41, 5.74) is 0.715. The molecule has 0 aliphatic carbocycles. The summed E-state index contributed by atoms with van der Waals surface area (Å²) in [7, 11) is 0.519. The van der Waals surface area contributed by atoms with Crippen molar-refractivity contribution in [3.05, 3.63) is 54.3 Å². The van der Waals surface area contributed by atoms with Crippen LogP contribution in [0.1, 0.15) is 11.9 Å². The van der Waals surface area contributed by atoms with Gasteiger partial charge in [0.15, 0.2) is 0 Å². The van der Waals surface area contributed by atoms with Crippen LogP contribution in [0.2, 0.25) is 0 Å². The minimum absolute atomic E-state index is 0.000973. The van der Waals surface area contributed by atoms with Crippen LogP contribution in [0.15, 0.2) is 57.8 Å². The lowest BCUT2D eigenvalue weighted by atomic mass is 10.2. The Morgan fingerprint density at radius 3 is 2.48 bits per heavy atom. The van der Waals surface area contributed by atoms with Crippen molar-refractivity contribution in [3.63, 3.8) is 0 Å². The number of methoxy groups -OCH3 is 3. The summed E-state index contributed by atoms with van der Waals surface area (Å²) in [5.74, 6) is 1.18. The molecule has 0 aliphatic heterocycles. The second kappa shape index (κ2) is 7.99. The molecule has 0 saturated carbocycles. The Bertz CT molecular complexity index is 995. The number of furan rings is 1. The average Bonchev–Trinajstić information content (AvgIpc) is 3.11. The highest BCUT2D eigenvalue weighted by Crippen LogP contribution is 2.29. The van der Waals surface area contributed by atoms with Gasteiger partial charge in [0.25, 0.3) is 0 Å². The van der Waals surface area contributed by atoms with Gasteiger partial charge in [-0.15, -0.1) is 0 Å². The molecule has 0 bridgehead atoms. The van der Waals surface area contributed by atoms with E-state index in [9.17, 15) is 8.42 Å². The van der Waals surface area contributed by atoms with Crippen LogP contribution >= 0.6 is 0 Å². The second-order valence-corrected chi connectivity index (χ2v) is 7.52. The summed E-state index contributed by atoms with van der Waals surface area (Å²) in [6.07, 6.45) is -0.580. The van der Waals surface area contributed by atoms with Crippen molar-refractivity contribution in [1.82, 2.24) is 4.72 Å². The van der Waals surface area contributed by atoms with Crippen LogP contribution in [0.3, 0.4) is 0 Å². The van der Waals surface area contributed by atoms with Crippen molar-refractivity contribution >= 4 is 21.0 Å². The average molecular weight is 391 g/mol. The maximum Gasteiger partial charge on any atom is 0.244 e. The molecule has 3 rings (SSSR count). The van der Waals surface area contributed by atoms with E-state index in [1.165, 1.54) is 27.4 Å². The first-order valence-electron chi connectivity index (χ1n) is 8.21. The van der Waals surface area contributed by atoms with Gasteiger partial charge >= 0.3 is 0 Å². The molecule has 3 aromatic rings. The summed E-state index contributed by atoms with van der Waals surface area (Å²) < 4.78 is 49.6. The van der Waals surface area contributed by atoms with Crippen LogP contribution in [0.25, 0.3) is 11.0 Å². The first-order chi connectivity index (χ1) is 13.0. The van der Waals surface area contributed by atoms with E-state index in [2.05, 4.69) is 4.72 Å². The number of fused-ring (bicyclic) bond motifs is 1. The molecule has 0 radical (unpaired) electrons. The molecule has 27 heavy (non-hydrogen) atoms. The van der Waals surface area contributed by atoms with Crippen LogP contribution in [0.4, 0.5) is 0 Å². The Morgan fingerprint density at radius 2 is 1.81 bits per heavy atom.